The van der Waals surface area contributed by atoms with Gasteiger partial charge in [-0.05, 0) is 39.0 Å². The highest BCUT2D eigenvalue weighted by molar-refractivity contribution is 7.90. The van der Waals surface area contributed by atoms with E-state index in [9.17, 15) is 21.4 Å². The van der Waals surface area contributed by atoms with E-state index in [-0.39, 0.29) is 12.8 Å². The largest absolute Gasteiger partial charge is 0.285 e. The molecular weight excluding hydrogens is 314 g/mol. The van der Waals surface area contributed by atoms with Crippen molar-refractivity contribution in [1.29, 1.82) is 0 Å². The molecule has 1 rings (SSSR count). The maximum Gasteiger partial charge on any atom is 0.270 e. The first-order chi connectivity index (χ1) is 9.58. The third kappa shape index (κ3) is 4.18. The van der Waals surface area contributed by atoms with E-state index in [0.29, 0.717) is 19.5 Å². The van der Waals surface area contributed by atoms with Gasteiger partial charge in [0, 0.05) is 13.1 Å². The van der Waals surface area contributed by atoms with Gasteiger partial charge in [-0.15, -0.1) is 0 Å². The molecule has 126 valence electrons. The first kappa shape index (κ1) is 18.9. The van der Waals surface area contributed by atoms with Gasteiger partial charge in [0.25, 0.3) is 10.1 Å². The lowest BCUT2D eigenvalue weighted by Crippen LogP contribution is -2.46. The summed E-state index contributed by atoms with van der Waals surface area (Å²) in [4.78, 5) is 0. The highest BCUT2D eigenvalue weighted by atomic mass is 32.2. The van der Waals surface area contributed by atoms with E-state index in [0.717, 1.165) is 19.3 Å². The van der Waals surface area contributed by atoms with Crippen molar-refractivity contribution in [3.63, 3.8) is 0 Å². The molecule has 6 nitrogen and oxygen atoms in total. The lowest BCUT2D eigenvalue weighted by atomic mass is 10.0. The molecule has 0 amide bonds. The van der Waals surface area contributed by atoms with Crippen molar-refractivity contribution in [2.75, 3.05) is 13.1 Å². The maximum atomic E-state index is 12.7. The van der Waals surface area contributed by atoms with Crippen LogP contribution in [0.25, 0.3) is 0 Å². The van der Waals surface area contributed by atoms with Crippen LogP contribution in [0.4, 0.5) is 0 Å². The zero-order chi connectivity index (χ0) is 16.3. The van der Waals surface area contributed by atoms with Crippen molar-refractivity contribution >= 4 is 20.1 Å². The SMILES string of the molecule is CCC(CC(C)(CC)S(=O)(=O)O)S(=O)(=O)N1CCCCC1. The predicted molar refractivity (Wildman–Crippen MR) is 83.3 cm³/mol. The topological polar surface area (TPSA) is 91.7 Å². The molecule has 1 aliphatic heterocycles. The van der Waals surface area contributed by atoms with Gasteiger partial charge < -0.3 is 0 Å². The second-order valence-corrected chi connectivity index (χ2v) is 10.2. The Kier molecular flexibility index (Phi) is 6.23. The number of piperidine rings is 1. The summed E-state index contributed by atoms with van der Waals surface area (Å²) >= 11 is 0. The fraction of sp³-hybridized carbons (Fsp3) is 1.00. The molecule has 1 N–H and O–H groups in total. The van der Waals surface area contributed by atoms with E-state index in [1.165, 1.54) is 11.2 Å². The van der Waals surface area contributed by atoms with Crippen molar-refractivity contribution in [3.05, 3.63) is 0 Å². The highest BCUT2D eigenvalue weighted by Crippen LogP contribution is 2.31. The summed E-state index contributed by atoms with van der Waals surface area (Å²) in [6, 6.07) is 0. The van der Waals surface area contributed by atoms with Crippen LogP contribution in [0.5, 0.6) is 0 Å². The van der Waals surface area contributed by atoms with E-state index in [4.69, 9.17) is 0 Å². The number of rotatable bonds is 7. The van der Waals surface area contributed by atoms with Crippen LogP contribution in [0.15, 0.2) is 0 Å². The van der Waals surface area contributed by atoms with Gasteiger partial charge in [0.05, 0.1) is 10.00 Å². The zero-order valence-corrected chi connectivity index (χ0v) is 14.7. The molecule has 2 unspecified atom stereocenters. The van der Waals surface area contributed by atoms with Crippen molar-refractivity contribution < 1.29 is 21.4 Å². The Morgan fingerprint density at radius 1 is 1.10 bits per heavy atom. The van der Waals surface area contributed by atoms with Crippen LogP contribution in [-0.2, 0) is 20.1 Å². The van der Waals surface area contributed by atoms with Gasteiger partial charge in [-0.2, -0.15) is 8.42 Å². The van der Waals surface area contributed by atoms with Gasteiger partial charge >= 0.3 is 0 Å². The van der Waals surface area contributed by atoms with Gasteiger partial charge in [0.1, 0.15) is 0 Å². The highest BCUT2D eigenvalue weighted by Gasteiger charge is 2.43. The summed E-state index contributed by atoms with van der Waals surface area (Å²) in [6.45, 7) is 5.82. The molecule has 21 heavy (non-hydrogen) atoms. The smallest absolute Gasteiger partial charge is 0.270 e. The molecule has 1 fully saturated rings. The zero-order valence-electron chi connectivity index (χ0n) is 13.1. The van der Waals surface area contributed by atoms with Crippen LogP contribution in [0.2, 0.25) is 0 Å². The summed E-state index contributed by atoms with van der Waals surface area (Å²) in [7, 11) is -7.81. The van der Waals surface area contributed by atoms with E-state index in [2.05, 4.69) is 0 Å². The van der Waals surface area contributed by atoms with Gasteiger partial charge in [0.2, 0.25) is 10.0 Å². The molecule has 1 heterocycles. The predicted octanol–water partition coefficient (Wildman–Crippen LogP) is 2.03. The Bertz CT molecular complexity index is 537. The molecule has 1 aliphatic rings. The molecule has 0 radical (unpaired) electrons. The minimum absolute atomic E-state index is 0.0718. The fourth-order valence-electron chi connectivity index (χ4n) is 2.70. The molecule has 0 bridgehead atoms. The fourth-order valence-corrected chi connectivity index (χ4v) is 5.77. The minimum Gasteiger partial charge on any atom is -0.285 e. The lowest BCUT2D eigenvalue weighted by molar-refractivity contribution is 0.335. The Labute approximate surface area is 128 Å². The van der Waals surface area contributed by atoms with Crippen LogP contribution in [0, 0.1) is 0 Å². The van der Waals surface area contributed by atoms with Crippen LogP contribution < -0.4 is 0 Å². The van der Waals surface area contributed by atoms with E-state index >= 15 is 0 Å². The third-order valence-corrected chi connectivity index (χ3v) is 8.71. The summed E-state index contributed by atoms with van der Waals surface area (Å²) in [6.07, 6.45) is 3.16. The normalized spacial score (nSPS) is 22.7. The van der Waals surface area contributed by atoms with Gasteiger partial charge in [-0.1, -0.05) is 20.3 Å². The van der Waals surface area contributed by atoms with Gasteiger partial charge in [-0.25, -0.2) is 12.7 Å². The molecule has 0 spiro atoms. The molecule has 2 atom stereocenters. The minimum atomic E-state index is -4.29. The molecule has 0 aromatic rings. The number of hydrogen-bond donors (Lipinski definition) is 1. The summed E-state index contributed by atoms with van der Waals surface area (Å²) in [5.74, 6) is 0. The summed E-state index contributed by atoms with van der Waals surface area (Å²) in [5, 5.41) is -0.775. The van der Waals surface area contributed by atoms with Gasteiger partial charge in [-0.3, -0.25) is 4.55 Å². The Balaban J connectivity index is 3.01. The first-order valence-corrected chi connectivity index (χ1v) is 10.5. The quantitative estimate of drug-likeness (QED) is 0.715. The molecule has 8 heteroatoms. The summed E-state index contributed by atoms with van der Waals surface area (Å²) < 4.78 is 58.0. The van der Waals surface area contributed by atoms with Gasteiger partial charge in [0.15, 0.2) is 0 Å². The van der Waals surface area contributed by atoms with Crippen LogP contribution in [0.3, 0.4) is 0 Å². The van der Waals surface area contributed by atoms with Crippen molar-refractivity contribution in [3.8, 4) is 0 Å². The third-order valence-electron chi connectivity index (χ3n) is 4.58. The molecule has 0 saturated carbocycles. The number of nitrogens with zero attached hydrogens (tertiary/aromatic N) is 1. The monoisotopic (exact) mass is 341 g/mol. The molecule has 0 aliphatic carbocycles. The summed E-state index contributed by atoms with van der Waals surface area (Å²) in [5.41, 5.74) is 0. The van der Waals surface area contributed by atoms with E-state index < -0.39 is 30.1 Å². The average Bonchev–Trinajstić information content (AvgIpc) is 2.44. The van der Waals surface area contributed by atoms with Crippen molar-refractivity contribution in [1.82, 2.24) is 4.31 Å². The van der Waals surface area contributed by atoms with E-state index in [1.54, 1.807) is 13.8 Å². The van der Waals surface area contributed by atoms with E-state index in [1.807, 2.05) is 0 Å². The number of sulfonamides is 1. The van der Waals surface area contributed by atoms with Crippen molar-refractivity contribution in [2.24, 2.45) is 0 Å². The molecular formula is C13H27NO5S2. The second-order valence-electron chi connectivity index (χ2n) is 6.02. The Hall–Kier alpha value is -0.180. The molecule has 1 saturated heterocycles. The van der Waals surface area contributed by atoms with Crippen LogP contribution in [-0.4, -0.2) is 48.8 Å². The Morgan fingerprint density at radius 3 is 2.00 bits per heavy atom. The average molecular weight is 341 g/mol. The van der Waals surface area contributed by atoms with Crippen LogP contribution in [0.1, 0.15) is 59.3 Å². The second kappa shape index (κ2) is 6.93. The van der Waals surface area contributed by atoms with Crippen molar-refractivity contribution in [2.45, 2.75) is 69.3 Å². The standard InChI is InChI=1S/C13H27NO5S2/c1-4-12(11-13(3,5-2)21(17,18)19)20(15,16)14-9-7-6-8-10-14/h12H,4-11H2,1-3H3,(H,17,18,19). The molecule has 0 aromatic carbocycles. The maximum absolute atomic E-state index is 12.7. The lowest BCUT2D eigenvalue weighted by Gasteiger charge is -2.33. The molecule has 0 aromatic heterocycles. The Morgan fingerprint density at radius 2 is 1.62 bits per heavy atom. The number of hydrogen-bond acceptors (Lipinski definition) is 4. The first-order valence-electron chi connectivity index (χ1n) is 7.54. The van der Waals surface area contributed by atoms with Crippen LogP contribution >= 0.6 is 0 Å².